The van der Waals surface area contributed by atoms with E-state index in [4.69, 9.17) is 4.42 Å². The quantitative estimate of drug-likeness (QED) is 0.751. The van der Waals surface area contributed by atoms with Crippen molar-refractivity contribution >= 4 is 34.6 Å². The summed E-state index contributed by atoms with van der Waals surface area (Å²) in [4.78, 5) is 23.2. The van der Waals surface area contributed by atoms with Crippen molar-refractivity contribution in [1.82, 2.24) is 0 Å². The first-order chi connectivity index (χ1) is 11.1. The van der Waals surface area contributed by atoms with Gasteiger partial charge >= 0.3 is 0 Å². The number of carbonyl (C=O) groups excluding carboxylic acids is 2. The minimum absolute atomic E-state index is 0.100. The van der Waals surface area contributed by atoms with E-state index < -0.39 is 17.6 Å². The number of hydrogen-bond donors (Lipinski definition) is 1. The summed E-state index contributed by atoms with van der Waals surface area (Å²) in [6.45, 7) is 0. The zero-order valence-corrected chi connectivity index (χ0v) is 12.0. The predicted molar refractivity (Wildman–Crippen MR) is 84.7 cm³/mol. The first-order valence-corrected chi connectivity index (χ1v) is 6.92. The number of carboxylic acids is 1. The minimum atomic E-state index is -1.48. The summed E-state index contributed by atoms with van der Waals surface area (Å²) in [6, 6.07) is 16.0. The maximum absolute atomic E-state index is 12.0. The van der Waals surface area contributed by atoms with Gasteiger partial charge in [-0.05, 0) is 23.8 Å². The topological polar surface area (TPSA) is 82.4 Å². The molecular formula is C18H12NO4-. The van der Waals surface area contributed by atoms with E-state index in [9.17, 15) is 14.7 Å². The van der Waals surface area contributed by atoms with Crippen LogP contribution in [0.15, 0.2) is 65.1 Å². The molecule has 0 aliphatic carbocycles. The lowest BCUT2D eigenvalue weighted by molar-refractivity contribution is -0.256. The van der Waals surface area contributed by atoms with Gasteiger partial charge in [0.05, 0.1) is 5.69 Å². The third-order valence-electron chi connectivity index (χ3n) is 3.26. The molecule has 1 heterocycles. The highest BCUT2D eigenvalue weighted by Crippen LogP contribution is 2.30. The summed E-state index contributed by atoms with van der Waals surface area (Å²) in [5.41, 5.74) is 1.33. The van der Waals surface area contributed by atoms with E-state index in [2.05, 4.69) is 5.32 Å². The molecule has 23 heavy (non-hydrogen) atoms. The van der Waals surface area contributed by atoms with E-state index in [-0.39, 0.29) is 5.69 Å². The molecule has 0 saturated carbocycles. The van der Waals surface area contributed by atoms with Gasteiger partial charge in [0.15, 0.2) is 5.76 Å². The molecule has 114 valence electrons. The number of rotatable bonds is 4. The molecule has 2 aromatic carbocycles. The van der Waals surface area contributed by atoms with E-state index in [1.807, 2.05) is 30.3 Å². The second-order valence-corrected chi connectivity index (χ2v) is 4.82. The fraction of sp³-hybridized carbons (Fsp3) is 0. The number of nitrogens with one attached hydrogen (secondary N) is 1. The van der Waals surface area contributed by atoms with Gasteiger partial charge < -0.3 is 19.6 Å². The van der Waals surface area contributed by atoms with Crippen LogP contribution in [0.4, 0.5) is 5.69 Å². The highest BCUT2D eigenvalue weighted by molar-refractivity contribution is 6.11. The second kappa shape index (κ2) is 6.19. The Morgan fingerprint density at radius 2 is 1.70 bits per heavy atom. The number of anilines is 1. The maximum atomic E-state index is 12.0. The summed E-state index contributed by atoms with van der Waals surface area (Å²) in [5, 5.41) is 14.2. The molecule has 0 aliphatic rings. The van der Waals surface area contributed by atoms with E-state index in [1.165, 1.54) is 6.08 Å². The van der Waals surface area contributed by atoms with Crippen molar-refractivity contribution < 1.29 is 19.1 Å². The molecule has 1 N–H and O–H groups in total. The van der Waals surface area contributed by atoms with Gasteiger partial charge in [0.1, 0.15) is 11.6 Å². The standard InChI is InChI=1S/C18H13NO4/c20-15(11-10-12-6-2-1-3-7-12)19-16-13-8-4-5-9-14(13)23-17(16)18(21)22/h1-11H,(H,19,20)(H,21,22)/p-1/b11-10+. The van der Waals surface area contributed by atoms with Crippen LogP contribution < -0.4 is 10.4 Å². The molecule has 0 bridgehead atoms. The highest BCUT2D eigenvalue weighted by atomic mass is 16.4. The molecular weight excluding hydrogens is 294 g/mol. The Morgan fingerprint density at radius 1 is 1.00 bits per heavy atom. The summed E-state index contributed by atoms with van der Waals surface area (Å²) in [5.74, 6) is -2.33. The summed E-state index contributed by atoms with van der Waals surface area (Å²) >= 11 is 0. The smallest absolute Gasteiger partial charge is 0.248 e. The van der Waals surface area contributed by atoms with Crippen LogP contribution in [0.2, 0.25) is 0 Å². The number of carboxylic acid groups (broad SMARTS) is 1. The average molecular weight is 306 g/mol. The van der Waals surface area contributed by atoms with Crippen LogP contribution in [-0.2, 0) is 4.79 Å². The molecule has 0 spiro atoms. The summed E-state index contributed by atoms with van der Waals surface area (Å²) in [7, 11) is 0. The number of furan rings is 1. The molecule has 3 aromatic rings. The van der Waals surface area contributed by atoms with Gasteiger partial charge in [-0.15, -0.1) is 0 Å². The third-order valence-corrected chi connectivity index (χ3v) is 3.26. The van der Waals surface area contributed by atoms with Gasteiger partial charge in [-0.3, -0.25) is 4.79 Å². The van der Waals surface area contributed by atoms with Crippen molar-refractivity contribution in [2.75, 3.05) is 5.32 Å². The minimum Gasteiger partial charge on any atom is -0.541 e. The largest absolute Gasteiger partial charge is 0.541 e. The monoisotopic (exact) mass is 306 g/mol. The summed E-state index contributed by atoms with van der Waals surface area (Å²) < 4.78 is 5.22. The van der Waals surface area contributed by atoms with Gasteiger partial charge in [-0.25, -0.2) is 0 Å². The number of hydrogen-bond acceptors (Lipinski definition) is 4. The van der Waals surface area contributed by atoms with Crippen LogP contribution in [0.5, 0.6) is 0 Å². The number of amides is 1. The van der Waals surface area contributed by atoms with Crippen LogP contribution in [0.1, 0.15) is 16.1 Å². The Bertz CT molecular complexity index is 894. The van der Waals surface area contributed by atoms with Gasteiger partial charge in [0.25, 0.3) is 0 Å². The fourth-order valence-corrected chi connectivity index (χ4v) is 2.21. The first-order valence-electron chi connectivity index (χ1n) is 6.92. The Balaban J connectivity index is 1.89. The Morgan fingerprint density at radius 3 is 2.43 bits per heavy atom. The second-order valence-electron chi connectivity index (χ2n) is 4.82. The van der Waals surface area contributed by atoms with Crippen LogP contribution in [0.3, 0.4) is 0 Å². The normalized spacial score (nSPS) is 11.0. The molecule has 5 nitrogen and oxygen atoms in total. The molecule has 1 aromatic heterocycles. The van der Waals surface area contributed by atoms with E-state index >= 15 is 0 Å². The van der Waals surface area contributed by atoms with Gasteiger partial charge in [-0.2, -0.15) is 0 Å². The van der Waals surface area contributed by atoms with E-state index in [0.29, 0.717) is 11.0 Å². The number of carbonyl (C=O) groups is 2. The van der Waals surface area contributed by atoms with Crippen molar-refractivity contribution in [2.24, 2.45) is 0 Å². The highest BCUT2D eigenvalue weighted by Gasteiger charge is 2.16. The number of fused-ring (bicyclic) bond motifs is 1. The maximum Gasteiger partial charge on any atom is 0.248 e. The van der Waals surface area contributed by atoms with Crippen LogP contribution in [-0.4, -0.2) is 11.9 Å². The van der Waals surface area contributed by atoms with Crippen molar-refractivity contribution in [2.45, 2.75) is 0 Å². The predicted octanol–water partition coefficient (Wildman–Crippen LogP) is 2.45. The van der Waals surface area contributed by atoms with Gasteiger partial charge in [0, 0.05) is 11.5 Å². The Labute approximate surface area is 131 Å². The van der Waals surface area contributed by atoms with Crippen LogP contribution in [0.25, 0.3) is 17.0 Å². The van der Waals surface area contributed by atoms with E-state index in [1.54, 1.807) is 30.3 Å². The lowest BCUT2D eigenvalue weighted by Gasteiger charge is -2.04. The van der Waals surface area contributed by atoms with Crippen molar-refractivity contribution in [1.29, 1.82) is 0 Å². The van der Waals surface area contributed by atoms with Crippen LogP contribution >= 0.6 is 0 Å². The molecule has 1 amide bonds. The third kappa shape index (κ3) is 3.13. The Kier molecular flexibility index (Phi) is 3.93. The molecule has 0 aliphatic heterocycles. The van der Waals surface area contributed by atoms with E-state index in [0.717, 1.165) is 5.56 Å². The lowest BCUT2D eigenvalue weighted by atomic mass is 10.2. The van der Waals surface area contributed by atoms with Crippen LogP contribution in [0, 0.1) is 0 Å². The van der Waals surface area contributed by atoms with Gasteiger partial charge in [-0.1, -0.05) is 42.5 Å². The molecule has 0 fully saturated rings. The van der Waals surface area contributed by atoms with Gasteiger partial charge in [0.2, 0.25) is 5.91 Å². The number of para-hydroxylation sites is 1. The van der Waals surface area contributed by atoms with Crippen molar-refractivity contribution in [3.63, 3.8) is 0 Å². The number of aromatic carboxylic acids is 1. The van der Waals surface area contributed by atoms with Crippen molar-refractivity contribution in [3.05, 3.63) is 72.0 Å². The fourth-order valence-electron chi connectivity index (χ4n) is 2.21. The zero-order chi connectivity index (χ0) is 16.2. The average Bonchev–Trinajstić information content (AvgIpc) is 2.93. The molecule has 3 rings (SSSR count). The van der Waals surface area contributed by atoms with Crippen molar-refractivity contribution in [3.8, 4) is 0 Å². The Hall–Kier alpha value is -3.34. The molecule has 0 radical (unpaired) electrons. The first kappa shape index (κ1) is 14.6. The number of benzene rings is 2. The molecule has 0 unspecified atom stereocenters. The zero-order valence-electron chi connectivity index (χ0n) is 12.0. The summed E-state index contributed by atoms with van der Waals surface area (Å²) in [6.07, 6.45) is 2.96. The molecule has 0 atom stereocenters. The lowest BCUT2D eigenvalue weighted by Crippen LogP contribution is -2.23. The molecule has 5 heteroatoms. The molecule has 0 saturated heterocycles. The SMILES string of the molecule is O=C(/C=C/c1ccccc1)Nc1c(C(=O)[O-])oc2ccccc12.